The number of amides is 1. The molecule has 0 aliphatic carbocycles. The maximum atomic E-state index is 12.8. The molecule has 6 heteroatoms. The molecule has 1 unspecified atom stereocenters. The van der Waals surface area contributed by atoms with Gasteiger partial charge in [-0.15, -0.1) is 11.3 Å². The lowest BCUT2D eigenvalue weighted by atomic mass is 10.1. The van der Waals surface area contributed by atoms with Crippen LogP contribution in [0.25, 0.3) is 10.9 Å². The van der Waals surface area contributed by atoms with E-state index in [9.17, 15) is 4.79 Å². The van der Waals surface area contributed by atoms with Crippen molar-refractivity contribution >= 4 is 28.1 Å². The molecule has 138 valence electrons. The summed E-state index contributed by atoms with van der Waals surface area (Å²) in [6, 6.07) is 10.0. The molecule has 0 radical (unpaired) electrons. The van der Waals surface area contributed by atoms with Gasteiger partial charge in [-0.3, -0.25) is 4.79 Å². The van der Waals surface area contributed by atoms with E-state index in [1.165, 1.54) is 10.4 Å². The van der Waals surface area contributed by atoms with Gasteiger partial charge in [0.25, 0.3) is 5.91 Å². The van der Waals surface area contributed by atoms with Gasteiger partial charge in [0.2, 0.25) is 0 Å². The topological polar surface area (TPSA) is 46.5 Å². The monoisotopic (exact) mass is 371 g/mol. The van der Waals surface area contributed by atoms with E-state index >= 15 is 0 Å². The van der Waals surface area contributed by atoms with Gasteiger partial charge in [0, 0.05) is 29.9 Å². The van der Waals surface area contributed by atoms with Crippen LogP contribution in [0.1, 0.15) is 27.0 Å². The largest absolute Gasteiger partial charge is 0.497 e. The predicted molar refractivity (Wildman–Crippen MR) is 107 cm³/mol. The Labute approximate surface area is 158 Å². The Morgan fingerprint density at radius 3 is 2.69 bits per heavy atom. The molecule has 3 aromatic rings. The number of carbonyl (C=O) groups excluding carboxylic acids is 1. The van der Waals surface area contributed by atoms with Crippen LogP contribution in [0.5, 0.6) is 5.75 Å². The number of aromatic nitrogens is 1. The molecular formula is C20H25N3O2S. The molecule has 0 spiro atoms. The fourth-order valence-electron chi connectivity index (χ4n) is 3.17. The number of likely N-dealkylation sites (N-methyl/N-ethyl adjacent to an activating group) is 1. The number of hydrogen-bond donors (Lipinski definition) is 1. The first kappa shape index (κ1) is 18.5. The predicted octanol–water partition coefficient (Wildman–Crippen LogP) is 3.59. The Morgan fingerprint density at radius 1 is 1.31 bits per heavy atom. The molecule has 2 aromatic heterocycles. The molecular weight excluding hydrogens is 346 g/mol. The summed E-state index contributed by atoms with van der Waals surface area (Å²) in [4.78, 5) is 16.2. The van der Waals surface area contributed by atoms with Crippen molar-refractivity contribution in [1.29, 1.82) is 0 Å². The number of nitrogens with one attached hydrogen (secondary N) is 1. The van der Waals surface area contributed by atoms with E-state index in [2.05, 4.69) is 28.6 Å². The summed E-state index contributed by atoms with van der Waals surface area (Å²) in [6.07, 6.45) is 0. The van der Waals surface area contributed by atoms with Gasteiger partial charge >= 0.3 is 0 Å². The van der Waals surface area contributed by atoms with Crippen molar-refractivity contribution in [2.75, 3.05) is 27.7 Å². The van der Waals surface area contributed by atoms with Crippen LogP contribution in [-0.4, -0.2) is 43.1 Å². The summed E-state index contributed by atoms with van der Waals surface area (Å²) in [7, 11) is 7.63. The third-order valence-corrected chi connectivity index (χ3v) is 5.89. The van der Waals surface area contributed by atoms with Gasteiger partial charge in [-0.1, -0.05) is 0 Å². The Bertz CT molecular complexity index is 926. The molecule has 1 amide bonds. The second-order valence-electron chi connectivity index (χ2n) is 6.67. The highest BCUT2D eigenvalue weighted by Crippen LogP contribution is 2.27. The zero-order valence-electron chi connectivity index (χ0n) is 15.9. The number of thiophene rings is 1. The van der Waals surface area contributed by atoms with Gasteiger partial charge in [0.15, 0.2) is 0 Å². The van der Waals surface area contributed by atoms with Gasteiger partial charge in [-0.25, -0.2) is 0 Å². The fourth-order valence-corrected chi connectivity index (χ4v) is 4.29. The first-order chi connectivity index (χ1) is 12.4. The number of rotatable bonds is 6. The van der Waals surface area contributed by atoms with Crippen LogP contribution >= 0.6 is 11.3 Å². The van der Waals surface area contributed by atoms with Crippen LogP contribution in [-0.2, 0) is 7.05 Å². The molecule has 1 aromatic carbocycles. The first-order valence-corrected chi connectivity index (χ1v) is 9.42. The van der Waals surface area contributed by atoms with E-state index < -0.39 is 0 Å². The van der Waals surface area contributed by atoms with Crippen LogP contribution in [0, 0.1) is 6.92 Å². The Kier molecular flexibility index (Phi) is 5.34. The number of benzene rings is 1. The minimum Gasteiger partial charge on any atom is -0.497 e. The Morgan fingerprint density at radius 2 is 2.08 bits per heavy atom. The highest BCUT2D eigenvalue weighted by Gasteiger charge is 2.20. The summed E-state index contributed by atoms with van der Waals surface area (Å²) in [6.45, 7) is 2.68. The van der Waals surface area contributed by atoms with Crippen LogP contribution in [0.2, 0.25) is 0 Å². The summed E-state index contributed by atoms with van der Waals surface area (Å²) in [5.41, 5.74) is 2.89. The van der Waals surface area contributed by atoms with E-state index in [1.54, 1.807) is 18.4 Å². The number of ether oxygens (including phenoxy) is 1. The normalized spacial score (nSPS) is 12.5. The minimum absolute atomic E-state index is 0.0660. The average molecular weight is 372 g/mol. The van der Waals surface area contributed by atoms with E-state index in [0.29, 0.717) is 12.2 Å². The fraction of sp³-hybridized carbons (Fsp3) is 0.350. The first-order valence-electron chi connectivity index (χ1n) is 8.54. The van der Waals surface area contributed by atoms with Crippen LogP contribution in [0.4, 0.5) is 0 Å². The van der Waals surface area contributed by atoms with Gasteiger partial charge in [0.05, 0.1) is 18.7 Å². The van der Waals surface area contributed by atoms with Crippen molar-refractivity contribution in [2.24, 2.45) is 7.05 Å². The van der Waals surface area contributed by atoms with Gasteiger partial charge < -0.3 is 19.5 Å². The zero-order valence-corrected chi connectivity index (χ0v) is 16.7. The molecule has 0 fully saturated rings. The van der Waals surface area contributed by atoms with Gasteiger partial charge in [0.1, 0.15) is 11.4 Å². The molecule has 2 heterocycles. The van der Waals surface area contributed by atoms with Crippen molar-refractivity contribution in [3.05, 3.63) is 51.8 Å². The number of methoxy groups -OCH3 is 1. The van der Waals surface area contributed by atoms with Crippen LogP contribution < -0.4 is 10.1 Å². The standard InChI is InChI=1S/C20H25N3O2S/c1-13-8-9-26-19(13)18(22(2)3)12-21-20(24)17-10-14-6-7-15(25-5)11-16(14)23(17)4/h6-11,18H,12H2,1-5H3,(H,21,24). The van der Waals surface area contributed by atoms with Crippen molar-refractivity contribution in [3.8, 4) is 5.75 Å². The van der Waals surface area contributed by atoms with Crippen molar-refractivity contribution in [2.45, 2.75) is 13.0 Å². The molecule has 26 heavy (non-hydrogen) atoms. The van der Waals surface area contributed by atoms with Crippen molar-refractivity contribution in [1.82, 2.24) is 14.8 Å². The molecule has 1 atom stereocenters. The maximum Gasteiger partial charge on any atom is 0.267 e. The number of carbonyl (C=O) groups is 1. The number of nitrogens with zero attached hydrogens (tertiary/aromatic N) is 2. The number of fused-ring (bicyclic) bond motifs is 1. The molecule has 1 N–H and O–H groups in total. The summed E-state index contributed by atoms with van der Waals surface area (Å²) in [5, 5.41) is 6.22. The maximum absolute atomic E-state index is 12.8. The van der Waals surface area contributed by atoms with E-state index in [4.69, 9.17) is 4.74 Å². The molecule has 0 aliphatic rings. The number of hydrogen-bond acceptors (Lipinski definition) is 4. The van der Waals surface area contributed by atoms with E-state index in [0.717, 1.165) is 16.7 Å². The lowest BCUT2D eigenvalue weighted by Gasteiger charge is -2.24. The minimum atomic E-state index is -0.0660. The zero-order chi connectivity index (χ0) is 18.8. The van der Waals surface area contributed by atoms with Crippen LogP contribution in [0.15, 0.2) is 35.7 Å². The van der Waals surface area contributed by atoms with Crippen molar-refractivity contribution < 1.29 is 9.53 Å². The summed E-state index contributed by atoms with van der Waals surface area (Å²) >= 11 is 1.73. The Balaban J connectivity index is 1.80. The van der Waals surface area contributed by atoms with Gasteiger partial charge in [-0.05, 0) is 56.2 Å². The molecule has 3 rings (SSSR count). The van der Waals surface area contributed by atoms with Crippen LogP contribution in [0.3, 0.4) is 0 Å². The molecule has 0 saturated carbocycles. The summed E-state index contributed by atoms with van der Waals surface area (Å²) in [5.74, 6) is 0.718. The lowest BCUT2D eigenvalue weighted by molar-refractivity contribution is 0.0934. The highest BCUT2D eigenvalue weighted by atomic mass is 32.1. The van der Waals surface area contributed by atoms with E-state index in [-0.39, 0.29) is 11.9 Å². The third-order valence-electron chi connectivity index (χ3n) is 4.77. The molecule has 0 aliphatic heterocycles. The number of aryl methyl sites for hydroxylation is 2. The Hall–Kier alpha value is -2.31. The molecule has 0 saturated heterocycles. The van der Waals surface area contributed by atoms with E-state index in [1.807, 2.05) is 50.0 Å². The molecule has 5 nitrogen and oxygen atoms in total. The second kappa shape index (κ2) is 7.51. The molecule has 0 bridgehead atoms. The quantitative estimate of drug-likeness (QED) is 0.720. The average Bonchev–Trinajstić information content (AvgIpc) is 3.18. The summed E-state index contributed by atoms with van der Waals surface area (Å²) < 4.78 is 7.20. The third kappa shape index (κ3) is 3.48. The lowest BCUT2D eigenvalue weighted by Crippen LogP contribution is -2.35. The van der Waals surface area contributed by atoms with Crippen molar-refractivity contribution in [3.63, 3.8) is 0 Å². The second-order valence-corrected chi connectivity index (χ2v) is 7.62. The smallest absolute Gasteiger partial charge is 0.267 e. The highest BCUT2D eigenvalue weighted by molar-refractivity contribution is 7.10. The van der Waals surface area contributed by atoms with Gasteiger partial charge in [-0.2, -0.15) is 0 Å². The SMILES string of the molecule is COc1ccc2cc(C(=O)NCC(c3sccc3C)N(C)C)n(C)c2c1.